The number of aliphatic imine (C=N–C) groups is 1. The number of rotatable bonds is 14. The van der Waals surface area contributed by atoms with E-state index in [1.165, 1.54) is 67.9 Å². The van der Waals surface area contributed by atoms with E-state index < -0.39 is 29.2 Å². The van der Waals surface area contributed by atoms with Gasteiger partial charge in [0.05, 0.1) is 142 Å². The van der Waals surface area contributed by atoms with Crippen LogP contribution in [-0.2, 0) is 62.1 Å². The molecule has 7 N–H and O–H groups in total. The predicted octanol–water partition coefficient (Wildman–Crippen LogP) is 12.7. The molecular weight excluding hydrogens is 1730 g/mol. The second-order valence-corrected chi connectivity index (χ2v) is 40.5. The smallest absolute Gasteiger partial charge is 1.00 e. The Hall–Kier alpha value is -8.20. The molecule has 10 aromatic rings. The van der Waals surface area contributed by atoms with E-state index in [1.54, 1.807) is 55.9 Å². The number of aliphatic carboxylic acids is 1. The number of hydrogen-bond donors (Lipinski definition) is 5. The number of morpholine rings is 4. The first-order valence-corrected chi connectivity index (χ1v) is 48.3. The van der Waals surface area contributed by atoms with Crippen LogP contribution in [0.15, 0.2) is 108 Å². The second-order valence-electron chi connectivity index (χ2n) is 36.3. The van der Waals surface area contributed by atoms with Crippen molar-refractivity contribution in [2.75, 3.05) is 150 Å². The van der Waals surface area contributed by atoms with Gasteiger partial charge in [0.15, 0.2) is 0 Å². The Bertz CT molecular complexity index is 5650. The van der Waals surface area contributed by atoms with Crippen molar-refractivity contribution < 1.29 is 83.7 Å². The molecule has 28 nitrogen and oxygen atoms in total. The summed E-state index contributed by atoms with van der Waals surface area (Å²) < 4.78 is 33.1. The molecule has 6 saturated heterocycles. The monoisotopic (exact) mass is 1850 g/mol. The number of ether oxygens (including phenoxy) is 5. The van der Waals surface area contributed by atoms with Crippen LogP contribution < -0.4 is 51.7 Å². The van der Waals surface area contributed by atoms with E-state index in [2.05, 4.69) is 175 Å². The Balaban J connectivity index is 0.000000161. The third kappa shape index (κ3) is 25.6. The number of carboxylic acids is 1. The van der Waals surface area contributed by atoms with Crippen LogP contribution in [0.3, 0.4) is 0 Å². The minimum atomic E-state index is -1.43. The van der Waals surface area contributed by atoms with Gasteiger partial charge in [0.2, 0.25) is 5.78 Å². The predicted molar refractivity (Wildman–Crippen MR) is 518 cm³/mol. The average Bonchev–Trinajstić information content (AvgIpc) is 1.67. The van der Waals surface area contributed by atoms with Gasteiger partial charge in [-0.1, -0.05) is 78.0 Å². The van der Waals surface area contributed by atoms with Gasteiger partial charge in [-0.15, -0.1) is 45.3 Å². The number of carbonyl (C=O) groups excluding carboxylic acids is 4. The maximum atomic E-state index is 13.4. The molecule has 3 radical (unpaired) electrons. The number of fused-ring (bicyclic) bond motifs is 4. The third-order valence-corrected chi connectivity index (χ3v) is 29.6. The largest absolute Gasteiger partial charge is 1.00 e. The normalized spacial score (nSPS) is 23.0. The molecular formula is C96H126BN17NaO11S4. The van der Waals surface area contributed by atoms with Gasteiger partial charge < -0.3 is 57.2 Å². The van der Waals surface area contributed by atoms with E-state index in [1.807, 2.05) is 46.0 Å². The number of Topliss-reactive ketones (excluding diaryl/α,β-unsaturated/α-hetero) is 1. The Morgan fingerprint density at radius 1 is 0.569 bits per heavy atom. The van der Waals surface area contributed by atoms with Crippen LogP contribution in [0.4, 0.5) is 22.1 Å². The van der Waals surface area contributed by atoms with Crippen molar-refractivity contribution in [3.05, 3.63) is 162 Å². The molecule has 4 aromatic carbocycles. The number of aromatic nitrogens is 6. The number of likely N-dealkylation sites (tertiary alicyclic amines) is 1. The van der Waals surface area contributed by atoms with Crippen LogP contribution in [-0.4, -0.2) is 247 Å². The molecule has 0 aliphatic carbocycles. The van der Waals surface area contributed by atoms with Crippen molar-refractivity contribution in [1.82, 2.24) is 64.6 Å². The number of aryl methyl sites for hydroxylation is 2. The fourth-order valence-corrected chi connectivity index (χ4v) is 21.5. The van der Waals surface area contributed by atoms with Gasteiger partial charge in [0.25, 0.3) is 0 Å². The van der Waals surface area contributed by atoms with Crippen molar-refractivity contribution in [2.45, 2.75) is 168 Å². The summed E-state index contributed by atoms with van der Waals surface area (Å²) in [5.41, 5.74) is 24.6. The van der Waals surface area contributed by atoms with Crippen molar-refractivity contribution in [1.29, 1.82) is 0 Å². The number of amides is 3. The third-order valence-electron chi connectivity index (χ3n) is 25.0. The Labute approximate surface area is 804 Å². The number of anilines is 3. The molecule has 6 aromatic heterocycles. The number of nitrogens with zero attached hydrogens (tertiary/aromatic N) is 13. The van der Waals surface area contributed by atoms with E-state index in [0.717, 1.165) is 186 Å². The maximum absolute atomic E-state index is 13.4. The summed E-state index contributed by atoms with van der Waals surface area (Å²) >= 11 is 7.01. The number of piperidine rings is 2. The van der Waals surface area contributed by atoms with Crippen LogP contribution >= 0.6 is 45.3 Å². The van der Waals surface area contributed by atoms with Crippen molar-refractivity contribution >= 4 is 153 Å². The van der Waals surface area contributed by atoms with Crippen molar-refractivity contribution in [2.24, 2.45) is 28.7 Å². The summed E-state index contributed by atoms with van der Waals surface area (Å²) in [5, 5.41) is 19.3. The zero-order chi connectivity index (χ0) is 90.6. The summed E-state index contributed by atoms with van der Waals surface area (Å²) in [6.45, 7) is 31.5. The molecule has 6 fully saturated rings. The molecule has 18 rings (SSSR count). The van der Waals surface area contributed by atoms with Gasteiger partial charge in [-0.2, -0.15) is 0 Å². The van der Waals surface area contributed by atoms with E-state index in [0.29, 0.717) is 86.0 Å². The molecule has 14 heterocycles. The number of nitrogen functional groups attached to an aromatic ring is 2. The molecule has 689 valence electrons. The second kappa shape index (κ2) is 46.2. The number of nitrogens with one attached hydrogen (secondary N) is 2. The van der Waals surface area contributed by atoms with Gasteiger partial charge in [-0.25, -0.2) is 39.5 Å². The number of ketones is 1. The number of carbonyl (C=O) groups is 5. The molecule has 8 aliphatic rings. The first-order chi connectivity index (χ1) is 61.5. The summed E-state index contributed by atoms with van der Waals surface area (Å²) in [6.07, 6.45) is 13.6. The van der Waals surface area contributed by atoms with E-state index in [-0.39, 0.29) is 76.1 Å². The van der Waals surface area contributed by atoms with Gasteiger partial charge in [-0.05, 0) is 225 Å². The molecule has 10 atom stereocenters. The Morgan fingerprint density at radius 2 is 1.05 bits per heavy atom. The zero-order valence-corrected chi connectivity index (χ0v) is 82.9. The van der Waals surface area contributed by atoms with Crippen LogP contribution in [0.25, 0.3) is 46.6 Å². The van der Waals surface area contributed by atoms with Gasteiger partial charge in [-0.3, -0.25) is 43.9 Å². The topological polar surface area (TPSA) is 337 Å². The number of thiazole rings is 4. The quantitative estimate of drug-likeness (QED) is 0.0499. The number of hydrogen-bond acceptors (Lipinski definition) is 28. The molecule has 8 aliphatic heterocycles. The van der Waals surface area contributed by atoms with Crippen LogP contribution in [0.1, 0.15) is 204 Å². The van der Waals surface area contributed by atoms with Crippen LogP contribution in [0.2, 0.25) is 0 Å². The standard InChI is InChI=1S/C27H34N6O3S.C23H31N3O3S.C18H25N3OS.C18H23N3OS.C10H12N2O3.B.Na.H/c1-4-17-11-19(13-29-24(17)28)30-25(34)27(35)33-14-16(2)5-7-21(33)18-6-8-23-20(12-18)31-26(37-23)22-15-36-10-9-32(22)3;1-15-6-8-18(26(13-15)22(27)29-23(2,3)4)16-7-9-20-17(12-16)24-21(30-20)19-14-28-11-10-25(19)5;2*1-12-3-5-14(19-10-12)13-4-6-17-15(9-13)20-18(23-17)16-11-22-8-7-21(16)2;1-2-7-3-6(5-12-9(7)11)4-8(13)10(14)15;;;/h6,8,11-13,16,21-22H,4-5,7,9-10,14-15H2,1-3H3,(H2,28,29)(H,30,34);7-9,12,15,19H,6,10-11,13-14H2,1-5H3;4,6,9,12,14,16,19H,3,5,7-8,10-11H2,1-2H3;4,6,9,12,16H,3,5,7-8,10-11H2,1-2H3;3,5H,2,4H2,1H3,(H2,11,12)(H,14,15);;;/q;;;;;;+1;-1/t16-,21+,22?;15-,19?;12-,14+,16?;12-,16?;;;;/m0000..../s1. The Kier molecular flexibility index (Phi) is 35.8. The summed E-state index contributed by atoms with van der Waals surface area (Å²) in [4.78, 5) is 106. The molecule has 34 heteroatoms. The van der Waals surface area contributed by atoms with Crippen molar-refractivity contribution in [3.63, 3.8) is 0 Å². The van der Waals surface area contributed by atoms with Gasteiger partial charge in [0.1, 0.15) is 37.3 Å². The summed E-state index contributed by atoms with van der Waals surface area (Å²) in [5.74, 6) is -0.390. The molecule has 0 bridgehead atoms. The first-order valence-electron chi connectivity index (χ1n) is 45.1. The van der Waals surface area contributed by atoms with E-state index >= 15 is 0 Å². The van der Waals surface area contributed by atoms with Crippen LogP contribution in [0.5, 0.6) is 0 Å². The summed E-state index contributed by atoms with van der Waals surface area (Å²) in [6, 6.07) is 30.7. The van der Waals surface area contributed by atoms with E-state index in [9.17, 15) is 24.0 Å². The van der Waals surface area contributed by atoms with E-state index in [4.69, 9.17) is 65.2 Å². The van der Waals surface area contributed by atoms with Gasteiger partial charge >= 0.3 is 53.4 Å². The van der Waals surface area contributed by atoms with Crippen LogP contribution in [0, 0.1) is 23.7 Å². The first kappa shape index (κ1) is 101. The number of carboxylic acid groups (broad SMARTS) is 1. The minimum Gasteiger partial charge on any atom is -1.00 e. The average molecular weight is 1860 g/mol. The molecule has 4 unspecified atom stereocenters. The maximum Gasteiger partial charge on any atom is 1.00 e. The zero-order valence-electron chi connectivity index (χ0n) is 78.7. The summed E-state index contributed by atoms with van der Waals surface area (Å²) in [7, 11) is 8.55. The SMILES string of the molecule is CCc1cc(CC(=O)C(=O)O)cnc1N.CCc1cc(NC(=O)C(=O)N2C[C@@H](C)CC[C@@H]2c2ccc3sc(C4COCCN4C)nc3c2)cnc1N.C[C@H]1CC=C(c2ccc3sc(C4COCCN4C)nc3c2)N(C(=O)OC(C)(C)C)C1.C[C@H]1CCC(c2ccc3sc(C4COCCN4C)nc3c2)=NC1.C[C@H]1CC[C@H](c2ccc3sc(C4COCCN4C)nc3c2)NC1.[B].[H-].[Na+]. The number of nitrogens with two attached hydrogens (primary N) is 2. The molecule has 0 saturated carbocycles. The minimum absolute atomic E-state index is 0. The molecule has 130 heavy (non-hydrogen) atoms. The number of likely N-dealkylation sites (N-methyl/N-ethyl adjacent to an activating group) is 4. The number of allylic oxidation sites excluding steroid dienone is 1. The Morgan fingerprint density at radius 3 is 1.53 bits per heavy atom. The molecule has 3 amide bonds. The van der Waals surface area contributed by atoms with Crippen molar-refractivity contribution in [3.8, 4) is 0 Å². The fraction of sp³-hybridized carbons (Fsp3) is 0.521. The van der Waals surface area contributed by atoms with Gasteiger partial charge in [0, 0.05) is 84.2 Å². The molecule has 0 spiro atoms. The fourth-order valence-electron chi connectivity index (χ4n) is 17.1. The number of benzene rings is 4. The number of pyridine rings is 2.